The summed E-state index contributed by atoms with van der Waals surface area (Å²) in [6, 6.07) is 6.10. The van der Waals surface area contributed by atoms with Gasteiger partial charge in [0.2, 0.25) is 0 Å². The zero-order valence-electron chi connectivity index (χ0n) is 12.9. The molecule has 0 aliphatic heterocycles. The van der Waals surface area contributed by atoms with Gasteiger partial charge in [0.05, 0.1) is 12.3 Å². The molecule has 0 saturated heterocycles. The van der Waals surface area contributed by atoms with Crippen molar-refractivity contribution in [3.8, 4) is 5.69 Å². The zero-order chi connectivity index (χ0) is 15.6. The molecule has 2 N–H and O–H groups in total. The molecular formula is C16H21N3O2. The lowest BCUT2D eigenvalue weighted by Crippen LogP contribution is -2.10. The Kier molecular flexibility index (Phi) is 4.31. The van der Waals surface area contributed by atoms with Gasteiger partial charge < -0.3 is 10.5 Å². The van der Waals surface area contributed by atoms with Gasteiger partial charge in [-0.2, -0.15) is 0 Å². The summed E-state index contributed by atoms with van der Waals surface area (Å²) in [5.74, 6) is 0.605. The van der Waals surface area contributed by atoms with E-state index in [9.17, 15) is 4.79 Å². The van der Waals surface area contributed by atoms with Gasteiger partial charge in [-0.15, -0.1) is 0 Å². The molecule has 5 heteroatoms. The van der Waals surface area contributed by atoms with Crippen LogP contribution < -0.4 is 5.73 Å². The Morgan fingerprint density at radius 3 is 2.62 bits per heavy atom. The van der Waals surface area contributed by atoms with Crippen LogP contribution in [0.5, 0.6) is 0 Å². The zero-order valence-corrected chi connectivity index (χ0v) is 12.9. The van der Waals surface area contributed by atoms with E-state index in [2.05, 4.69) is 11.1 Å². The minimum Gasteiger partial charge on any atom is -0.461 e. The molecule has 1 heterocycles. The van der Waals surface area contributed by atoms with Gasteiger partial charge in [0, 0.05) is 6.42 Å². The van der Waals surface area contributed by atoms with Gasteiger partial charge in [-0.3, -0.25) is 4.57 Å². The van der Waals surface area contributed by atoms with Crippen molar-refractivity contribution in [2.75, 3.05) is 12.3 Å². The van der Waals surface area contributed by atoms with Crippen LogP contribution in [0, 0.1) is 13.8 Å². The molecule has 2 aromatic rings. The highest BCUT2D eigenvalue weighted by molar-refractivity contribution is 5.92. The Morgan fingerprint density at radius 1 is 1.33 bits per heavy atom. The summed E-state index contributed by atoms with van der Waals surface area (Å²) >= 11 is 0. The number of hydrogen-bond acceptors (Lipinski definition) is 4. The minimum atomic E-state index is -0.479. The molecular weight excluding hydrogens is 266 g/mol. The van der Waals surface area contributed by atoms with Crippen molar-refractivity contribution >= 4 is 11.8 Å². The van der Waals surface area contributed by atoms with E-state index in [0.717, 1.165) is 17.1 Å². The summed E-state index contributed by atoms with van der Waals surface area (Å²) < 4.78 is 6.85. The van der Waals surface area contributed by atoms with Crippen LogP contribution in [-0.4, -0.2) is 22.1 Å². The van der Waals surface area contributed by atoms with Crippen molar-refractivity contribution in [3.05, 3.63) is 40.8 Å². The lowest BCUT2D eigenvalue weighted by Gasteiger charge is -2.12. The minimum absolute atomic E-state index is 0.189. The highest BCUT2D eigenvalue weighted by atomic mass is 16.5. The standard InChI is InChI=1S/C16H21N3O2/c1-5-13-18-14(16(20)21-6-2)15(17)19(13)12-8-7-10(3)9-11(12)4/h7-9H,5-6,17H2,1-4H3. The van der Waals surface area contributed by atoms with E-state index in [1.54, 1.807) is 6.92 Å². The second-order valence-corrected chi connectivity index (χ2v) is 4.96. The van der Waals surface area contributed by atoms with E-state index in [-0.39, 0.29) is 5.69 Å². The second kappa shape index (κ2) is 5.99. The second-order valence-electron chi connectivity index (χ2n) is 4.96. The number of carbonyl (C=O) groups excluding carboxylic acids is 1. The molecule has 5 nitrogen and oxygen atoms in total. The summed E-state index contributed by atoms with van der Waals surface area (Å²) in [4.78, 5) is 16.3. The normalized spacial score (nSPS) is 10.7. The molecule has 0 bridgehead atoms. The first-order chi connectivity index (χ1) is 9.99. The highest BCUT2D eigenvalue weighted by Gasteiger charge is 2.22. The number of carbonyl (C=O) groups is 1. The topological polar surface area (TPSA) is 70.1 Å². The molecule has 0 fully saturated rings. The molecule has 0 saturated carbocycles. The smallest absolute Gasteiger partial charge is 0.360 e. The number of nitrogens with zero attached hydrogens (tertiary/aromatic N) is 2. The highest BCUT2D eigenvalue weighted by Crippen LogP contribution is 2.25. The van der Waals surface area contributed by atoms with E-state index in [4.69, 9.17) is 10.5 Å². The molecule has 1 aromatic carbocycles. The molecule has 1 aromatic heterocycles. The van der Waals surface area contributed by atoms with E-state index in [1.165, 1.54) is 5.56 Å². The number of nitrogens with two attached hydrogens (primary N) is 1. The fourth-order valence-electron chi connectivity index (χ4n) is 2.39. The molecule has 0 spiro atoms. The van der Waals surface area contributed by atoms with Gasteiger partial charge in [-0.25, -0.2) is 9.78 Å². The largest absolute Gasteiger partial charge is 0.461 e. The summed E-state index contributed by atoms with van der Waals surface area (Å²) in [7, 11) is 0. The first-order valence-corrected chi connectivity index (χ1v) is 7.11. The molecule has 2 rings (SSSR count). The van der Waals surface area contributed by atoms with Crippen LogP contribution in [0.4, 0.5) is 5.82 Å². The van der Waals surface area contributed by atoms with E-state index >= 15 is 0 Å². The maximum Gasteiger partial charge on any atom is 0.360 e. The first-order valence-electron chi connectivity index (χ1n) is 7.11. The van der Waals surface area contributed by atoms with Gasteiger partial charge in [0.15, 0.2) is 5.69 Å². The van der Waals surface area contributed by atoms with Crippen LogP contribution in [0.1, 0.15) is 41.3 Å². The maximum atomic E-state index is 11.9. The molecule has 21 heavy (non-hydrogen) atoms. The number of aromatic nitrogens is 2. The average Bonchev–Trinajstić information content (AvgIpc) is 2.76. The number of hydrogen-bond donors (Lipinski definition) is 1. The molecule has 0 unspecified atom stereocenters. The molecule has 0 aliphatic carbocycles. The summed E-state index contributed by atoms with van der Waals surface area (Å²) in [5.41, 5.74) is 9.55. The van der Waals surface area contributed by atoms with Crippen molar-refractivity contribution in [2.45, 2.75) is 34.1 Å². The quantitative estimate of drug-likeness (QED) is 0.878. The predicted molar refractivity (Wildman–Crippen MR) is 82.8 cm³/mol. The molecule has 0 radical (unpaired) electrons. The van der Waals surface area contributed by atoms with Crippen molar-refractivity contribution in [1.82, 2.24) is 9.55 Å². The number of esters is 1. The lowest BCUT2D eigenvalue weighted by atomic mass is 10.1. The Bertz CT molecular complexity index is 674. The first kappa shape index (κ1) is 15.1. The predicted octanol–water partition coefficient (Wildman–Crippen LogP) is 2.81. The van der Waals surface area contributed by atoms with Crippen LogP contribution in [0.2, 0.25) is 0 Å². The van der Waals surface area contributed by atoms with Crippen LogP contribution in [0.3, 0.4) is 0 Å². The molecule has 0 atom stereocenters. The number of ether oxygens (including phenoxy) is 1. The molecule has 112 valence electrons. The number of aryl methyl sites for hydroxylation is 3. The number of imidazole rings is 1. The third-order valence-corrected chi connectivity index (χ3v) is 3.36. The number of anilines is 1. The van der Waals surface area contributed by atoms with Crippen molar-refractivity contribution < 1.29 is 9.53 Å². The summed E-state index contributed by atoms with van der Waals surface area (Å²) in [6.07, 6.45) is 0.678. The van der Waals surface area contributed by atoms with Gasteiger partial charge in [0.25, 0.3) is 0 Å². The SMILES string of the molecule is CCOC(=O)c1nc(CC)n(-c2ccc(C)cc2C)c1N. The Morgan fingerprint density at radius 2 is 2.05 bits per heavy atom. The fourth-order valence-corrected chi connectivity index (χ4v) is 2.39. The van der Waals surface area contributed by atoms with Crippen molar-refractivity contribution in [1.29, 1.82) is 0 Å². The maximum absolute atomic E-state index is 11.9. The third kappa shape index (κ3) is 2.77. The van der Waals surface area contributed by atoms with Gasteiger partial charge in [0.1, 0.15) is 11.6 Å². The third-order valence-electron chi connectivity index (χ3n) is 3.36. The Balaban J connectivity index is 2.60. The summed E-state index contributed by atoms with van der Waals surface area (Å²) in [5, 5.41) is 0. The van der Waals surface area contributed by atoms with Gasteiger partial charge in [-0.1, -0.05) is 24.6 Å². The van der Waals surface area contributed by atoms with E-state index in [0.29, 0.717) is 18.8 Å². The van der Waals surface area contributed by atoms with Crippen molar-refractivity contribution in [2.24, 2.45) is 0 Å². The van der Waals surface area contributed by atoms with E-state index in [1.807, 2.05) is 37.5 Å². The van der Waals surface area contributed by atoms with E-state index < -0.39 is 5.97 Å². The van der Waals surface area contributed by atoms with Gasteiger partial charge >= 0.3 is 5.97 Å². The van der Waals surface area contributed by atoms with Crippen LogP contribution in [-0.2, 0) is 11.2 Å². The number of rotatable bonds is 4. The summed E-state index contributed by atoms with van der Waals surface area (Å²) in [6.45, 7) is 8.10. The van der Waals surface area contributed by atoms with Crippen LogP contribution in [0.25, 0.3) is 5.69 Å². The Hall–Kier alpha value is -2.30. The van der Waals surface area contributed by atoms with Gasteiger partial charge in [-0.05, 0) is 32.4 Å². The Labute approximate surface area is 124 Å². The fraction of sp³-hybridized carbons (Fsp3) is 0.375. The van der Waals surface area contributed by atoms with Crippen molar-refractivity contribution in [3.63, 3.8) is 0 Å². The lowest BCUT2D eigenvalue weighted by molar-refractivity contribution is 0.0521. The monoisotopic (exact) mass is 287 g/mol. The number of nitrogen functional groups attached to an aromatic ring is 1. The average molecular weight is 287 g/mol. The number of benzene rings is 1. The molecule has 0 amide bonds. The van der Waals surface area contributed by atoms with Crippen LogP contribution in [0.15, 0.2) is 18.2 Å². The molecule has 0 aliphatic rings. The van der Waals surface area contributed by atoms with Crippen LogP contribution >= 0.6 is 0 Å².